The van der Waals surface area contributed by atoms with Gasteiger partial charge >= 0.3 is 0 Å². The summed E-state index contributed by atoms with van der Waals surface area (Å²) in [5.41, 5.74) is 11.1. The lowest BCUT2D eigenvalue weighted by Crippen LogP contribution is -2.10. The van der Waals surface area contributed by atoms with Gasteiger partial charge in [-0.2, -0.15) is 0 Å². The molecule has 0 aliphatic heterocycles. The summed E-state index contributed by atoms with van der Waals surface area (Å²) in [5, 5.41) is 4.22. The predicted octanol–water partition coefficient (Wildman–Crippen LogP) is 12.3. The van der Waals surface area contributed by atoms with E-state index in [4.69, 9.17) is 8.83 Å². The van der Waals surface area contributed by atoms with Crippen LogP contribution in [0.4, 0.5) is 17.1 Å². The third kappa shape index (κ3) is 4.13. The highest BCUT2D eigenvalue weighted by atomic mass is 16.3. The number of anilines is 3. The summed E-state index contributed by atoms with van der Waals surface area (Å²) in [7, 11) is 0. The summed E-state index contributed by atoms with van der Waals surface area (Å²) >= 11 is 0. The van der Waals surface area contributed by atoms with Crippen LogP contribution in [-0.4, -0.2) is 0 Å². The van der Waals surface area contributed by atoms with Gasteiger partial charge in [0, 0.05) is 33.1 Å². The molecule has 0 amide bonds. The molecule has 0 unspecified atom stereocenters. The first kappa shape index (κ1) is 25.4. The maximum Gasteiger partial charge on any atom is 0.144 e. The third-order valence-corrected chi connectivity index (χ3v) is 8.66. The molecule has 9 aromatic rings. The van der Waals surface area contributed by atoms with Gasteiger partial charge in [-0.25, -0.2) is 0 Å². The van der Waals surface area contributed by atoms with Crippen LogP contribution in [-0.2, 0) is 0 Å². The monoisotopic (exact) mass is 577 g/mol. The molecule has 2 heterocycles. The SMILES string of the molecule is c1ccc(-c2ccc(N(c3ccccc3)c3cccc4oc5c(-c6ccccc6)c6c(cc5c34)oc3ccccc36)cc2)cc1. The van der Waals surface area contributed by atoms with Gasteiger partial charge in [-0.05, 0) is 65.2 Å². The lowest BCUT2D eigenvalue weighted by atomic mass is 9.96. The number of rotatable bonds is 5. The van der Waals surface area contributed by atoms with E-state index in [-0.39, 0.29) is 0 Å². The predicted molar refractivity (Wildman–Crippen MR) is 187 cm³/mol. The normalized spacial score (nSPS) is 11.6. The highest BCUT2D eigenvalue weighted by Crippen LogP contribution is 2.48. The van der Waals surface area contributed by atoms with E-state index in [0.717, 1.165) is 72.1 Å². The van der Waals surface area contributed by atoms with Crippen molar-refractivity contribution in [2.75, 3.05) is 4.90 Å². The third-order valence-electron chi connectivity index (χ3n) is 8.66. The Balaban J connectivity index is 1.34. The Morgan fingerprint density at radius 1 is 0.378 bits per heavy atom. The van der Waals surface area contributed by atoms with Crippen molar-refractivity contribution in [2.24, 2.45) is 0 Å². The first-order chi connectivity index (χ1) is 22.3. The van der Waals surface area contributed by atoms with Crippen LogP contribution < -0.4 is 4.90 Å². The minimum atomic E-state index is 0.832. The van der Waals surface area contributed by atoms with Gasteiger partial charge in [-0.3, -0.25) is 0 Å². The summed E-state index contributed by atoms with van der Waals surface area (Å²) in [6.45, 7) is 0. The Labute approximate surface area is 260 Å². The van der Waals surface area contributed by atoms with E-state index in [1.807, 2.05) is 24.3 Å². The molecule has 0 radical (unpaired) electrons. The zero-order valence-electron chi connectivity index (χ0n) is 24.4. The first-order valence-corrected chi connectivity index (χ1v) is 15.2. The summed E-state index contributed by atoms with van der Waals surface area (Å²) in [5.74, 6) is 0. The number of para-hydroxylation sites is 2. The quantitative estimate of drug-likeness (QED) is 0.204. The summed E-state index contributed by atoms with van der Waals surface area (Å²) in [6.07, 6.45) is 0. The van der Waals surface area contributed by atoms with Gasteiger partial charge in [0.25, 0.3) is 0 Å². The van der Waals surface area contributed by atoms with Crippen molar-refractivity contribution in [1.82, 2.24) is 0 Å². The van der Waals surface area contributed by atoms with Crippen LogP contribution in [0.25, 0.3) is 66.1 Å². The van der Waals surface area contributed by atoms with E-state index in [2.05, 4.69) is 144 Å². The van der Waals surface area contributed by atoms with Crippen LogP contribution in [0, 0.1) is 0 Å². The Morgan fingerprint density at radius 2 is 0.978 bits per heavy atom. The van der Waals surface area contributed by atoms with Crippen LogP contribution >= 0.6 is 0 Å². The molecule has 212 valence electrons. The van der Waals surface area contributed by atoms with E-state index in [1.165, 1.54) is 11.1 Å². The van der Waals surface area contributed by atoms with E-state index >= 15 is 0 Å². The molecule has 0 spiro atoms. The molecule has 0 aliphatic carbocycles. The van der Waals surface area contributed by atoms with E-state index in [9.17, 15) is 0 Å². The van der Waals surface area contributed by atoms with Crippen LogP contribution in [0.1, 0.15) is 0 Å². The average molecular weight is 578 g/mol. The average Bonchev–Trinajstić information content (AvgIpc) is 3.67. The number of benzene rings is 7. The number of hydrogen-bond acceptors (Lipinski definition) is 3. The Morgan fingerprint density at radius 3 is 1.73 bits per heavy atom. The lowest BCUT2D eigenvalue weighted by molar-refractivity contribution is 0.664. The molecule has 2 aromatic heterocycles. The second-order valence-electron chi connectivity index (χ2n) is 11.3. The molecule has 9 rings (SSSR count). The molecule has 3 heteroatoms. The Kier molecular flexibility index (Phi) is 5.82. The molecule has 0 atom stereocenters. The number of furan rings is 2. The molecule has 0 fully saturated rings. The Hall–Kier alpha value is -6.06. The van der Waals surface area contributed by atoms with E-state index < -0.39 is 0 Å². The fourth-order valence-electron chi connectivity index (χ4n) is 6.65. The number of hydrogen-bond donors (Lipinski definition) is 0. The molecule has 0 N–H and O–H groups in total. The lowest BCUT2D eigenvalue weighted by Gasteiger charge is -2.26. The zero-order valence-corrected chi connectivity index (χ0v) is 24.4. The van der Waals surface area contributed by atoms with Gasteiger partial charge in [0.2, 0.25) is 0 Å². The fraction of sp³-hybridized carbons (Fsp3) is 0. The first-order valence-electron chi connectivity index (χ1n) is 15.2. The number of fused-ring (bicyclic) bond motifs is 6. The highest BCUT2D eigenvalue weighted by molar-refractivity contribution is 6.25. The van der Waals surface area contributed by atoms with Crippen molar-refractivity contribution in [3.63, 3.8) is 0 Å². The van der Waals surface area contributed by atoms with E-state index in [1.54, 1.807) is 0 Å². The van der Waals surface area contributed by atoms with Gasteiger partial charge in [-0.1, -0.05) is 115 Å². The minimum absolute atomic E-state index is 0.832. The van der Waals surface area contributed by atoms with Crippen LogP contribution in [0.2, 0.25) is 0 Å². The number of nitrogens with zero attached hydrogens (tertiary/aromatic N) is 1. The maximum absolute atomic E-state index is 6.84. The molecule has 45 heavy (non-hydrogen) atoms. The highest BCUT2D eigenvalue weighted by Gasteiger charge is 2.24. The van der Waals surface area contributed by atoms with Crippen molar-refractivity contribution in [3.05, 3.63) is 164 Å². The van der Waals surface area contributed by atoms with Crippen LogP contribution in [0.15, 0.2) is 173 Å². The zero-order chi connectivity index (χ0) is 29.7. The largest absolute Gasteiger partial charge is 0.456 e. The summed E-state index contributed by atoms with van der Waals surface area (Å²) in [6, 6.07) is 57.0. The Bertz CT molecular complexity index is 2460. The van der Waals surface area contributed by atoms with Crippen LogP contribution in [0.5, 0.6) is 0 Å². The standard InChI is InChI=1S/C42H27NO2/c1-4-13-28(14-5-1)29-23-25-32(26-24-29)43(31-17-8-3-9-18-31)35-20-12-22-37-40(35)34-27-38-41(33-19-10-11-21-36(33)44-38)39(42(34)45-37)30-15-6-2-7-16-30/h1-27H. The van der Waals surface area contributed by atoms with Crippen molar-refractivity contribution in [1.29, 1.82) is 0 Å². The van der Waals surface area contributed by atoms with Crippen molar-refractivity contribution < 1.29 is 8.83 Å². The van der Waals surface area contributed by atoms with Crippen LogP contribution in [0.3, 0.4) is 0 Å². The van der Waals surface area contributed by atoms with Gasteiger partial charge in [0.1, 0.15) is 22.3 Å². The van der Waals surface area contributed by atoms with Crippen molar-refractivity contribution >= 4 is 60.9 Å². The molecule has 0 saturated heterocycles. The van der Waals surface area contributed by atoms with Gasteiger partial charge in [-0.15, -0.1) is 0 Å². The topological polar surface area (TPSA) is 29.5 Å². The molecule has 3 nitrogen and oxygen atoms in total. The molecule has 7 aromatic carbocycles. The van der Waals surface area contributed by atoms with E-state index in [0.29, 0.717) is 0 Å². The minimum Gasteiger partial charge on any atom is -0.456 e. The van der Waals surface area contributed by atoms with Crippen molar-refractivity contribution in [3.8, 4) is 22.3 Å². The maximum atomic E-state index is 6.84. The molecular formula is C42H27NO2. The summed E-state index contributed by atoms with van der Waals surface area (Å²) < 4.78 is 13.3. The van der Waals surface area contributed by atoms with Crippen molar-refractivity contribution in [2.45, 2.75) is 0 Å². The molecular weight excluding hydrogens is 550 g/mol. The van der Waals surface area contributed by atoms with Gasteiger partial charge in [0.05, 0.1) is 11.1 Å². The molecule has 0 aliphatic rings. The van der Waals surface area contributed by atoms with Gasteiger partial charge < -0.3 is 13.7 Å². The second-order valence-corrected chi connectivity index (χ2v) is 11.3. The molecule has 0 saturated carbocycles. The van der Waals surface area contributed by atoms with Gasteiger partial charge in [0.15, 0.2) is 0 Å². The molecule has 0 bridgehead atoms. The summed E-state index contributed by atoms with van der Waals surface area (Å²) in [4.78, 5) is 2.32. The smallest absolute Gasteiger partial charge is 0.144 e. The second kappa shape index (κ2) is 10.3. The fourth-order valence-corrected chi connectivity index (χ4v) is 6.65.